The van der Waals surface area contributed by atoms with Crippen molar-refractivity contribution in [1.29, 1.82) is 0 Å². The van der Waals surface area contributed by atoms with Gasteiger partial charge in [-0.15, -0.1) is 0 Å². The van der Waals surface area contributed by atoms with E-state index in [4.69, 9.17) is 4.42 Å². The van der Waals surface area contributed by atoms with Crippen LogP contribution in [0.5, 0.6) is 0 Å². The monoisotopic (exact) mass is 386 g/mol. The van der Waals surface area contributed by atoms with E-state index in [2.05, 4.69) is 25.9 Å². The van der Waals surface area contributed by atoms with Gasteiger partial charge in [-0.25, -0.2) is 14.4 Å². The number of hydrogen-bond acceptors (Lipinski definition) is 5. The van der Waals surface area contributed by atoms with Gasteiger partial charge in [0.25, 0.3) is 0 Å². The molecule has 144 valence electrons. The third-order valence-electron chi connectivity index (χ3n) is 5.11. The van der Waals surface area contributed by atoms with Crippen LogP contribution in [0, 0.1) is 5.82 Å². The van der Waals surface area contributed by atoms with Gasteiger partial charge in [0, 0.05) is 49.6 Å². The number of rotatable bonds is 4. The van der Waals surface area contributed by atoms with Crippen LogP contribution >= 0.6 is 0 Å². The maximum atomic E-state index is 13.4. The zero-order chi connectivity index (χ0) is 19.6. The molecule has 6 heteroatoms. The highest BCUT2D eigenvalue weighted by Gasteiger charge is 2.19. The van der Waals surface area contributed by atoms with E-state index in [0.717, 1.165) is 54.1 Å². The fourth-order valence-corrected chi connectivity index (χ4v) is 3.63. The van der Waals surface area contributed by atoms with Crippen LogP contribution in [-0.4, -0.2) is 26.4 Å². The van der Waals surface area contributed by atoms with Gasteiger partial charge in [-0.3, -0.25) is 9.88 Å². The molecule has 0 amide bonds. The lowest BCUT2D eigenvalue weighted by Crippen LogP contribution is -2.31. The van der Waals surface area contributed by atoms with Crippen LogP contribution in [0.4, 0.5) is 4.39 Å². The highest BCUT2D eigenvalue weighted by molar-refractivity contribution is 5.58. The van der Waals surface area contributed by atoms with Crippen molar-refractivity contribution in [2.75, 3.05) is 6.54 Å². The Morgan fingerprint density at radius 1 is 1.03 bits per heavy atom. The quantitative estimate of drug-likeness (QED) is 0.517. The summed E-state index contributed by atoms with van der Waals surface area (Å²) in [6.45, 7) is 2.53. The van der Waals surface area contributed by atoms with Gasteiger partial charge in [0.15, 0.2) is 11.6 Å². The second-order valence-corrected chi connectivity index (χ2v) is 7.17. The number of furan rings is 1. The molecular formula is C23H19FN4O. The van der Waals surface area contributed by atoms with Crippen LogP contribution in [0.2, 0.25) is 0 Å². The molecule has 1 aromatic carbocycles. The third-order valence-corrected chi connectivity index (χ3v) is 5.11. The lowest BCUT2D eigenvalue weighted by molar-refractivity contribution is 0.242. The largest absolute Gasteiger partial charge is 0.461 e. The molecule has 0 fully saturated rings. The first-order chi connectivity index (χ1) is 14.2. The molecule has 0 N–H and O–H groups in total. The Kier molecular flexibility index (Phi) is 4.62. The zero-order valence-corrected chi connectivity index (χ0v) is 15.8. The third kappa shape index (κ3) is 3.79. The summed E-state index contributed by atoms with van der Waals surface area (Å²) >= 11 is 0. The average molecular weight is 386 g/mol. The molecule has 5 rings (SSSR count). The smallest absolute Gasteiger partial charge is 0.195 e. The Balaban J connectivity index is 1.28. The Morgan fingerprint density at radius 3 is 2.79 bits per heavy atom. The number of halogens is 1. The van der Waals surface area contributed by atoms with Gasteiger partial charge in [0.2, 0.25) is 0 Å². The minimum Gasteiger partial charge on any atom is -0.461 e. The van der Waals surface area contributed by atoms with E-state index < -0.39 is 0 Å². The van der Waals surface area contributed by atoms with Crippen molar-refractivity contribution in [3.63, 3.8) is 0 Å². The standard InChI is InChI=1S/C23H19FN4O/c24-19-4-1-3-17(11-19)20-7-6-16(12-25-20)14-28-9-8-21-18(15-28)13-26-23(27-21)22-5-2-10-29-22/h1-7,10-13H,8-9,14-15H2. The molecule has 0 radical (unpaired) electrons. The number of nitrogens with zero attached hydrogens (tertiary/aromatic N) is 4. The molecule has 1 aliphatic heterocycles. The van der Waals surface area contributed by atoms with Crippen molar-refractivity contribution in [3.8, 4) is 22.8 Å². The van der Waals surface area contributed by atoms with Crippen molar-refractivity contribution < 1.29 is 8.81 Å². The summed E-state index contributed by atoms with van der Waals surface area (Å²) in [5.41, 5.74) is 4.92. The first-order valence-electron chi connectivity index (χ1n) is 9.56. The van der Waals surface area contributed by atoms with E-state index in [1.54, 1.807) is 12.3 Å². The Hall–Kier alpha value is -3.38. The van der Waals surface area contributed by atoms with E-state index in [0.29, 0.717) is 11.6 Å². The fourth-order valence-electron chi connectivity index (χ4n) is 3.63. The highest BCUT2D eigenvalue weighted by Crippen LogP contribution is 2.23. The number of benzene rings is 1. The molecule has 0 atom stereocenters. The summed E-state index contributed by atoms with van der Waals surface area (Å²) in [7, 11) is 0. The predicted molar refractivity (Wildman–Crippen MR) is 107 cm³/mol. The van der Waals surface area contributed by atoms with E-state index in [1.807, 2.05) is 36.7 Å². The molecule has 4 heterocycles. The van der Waals surface area contributed by atoms with Crippen molar-refractivity contribution in [1.82, 2.24) is 19.9 Å². The molecule has 4 aromatic rings. The summed E-state index contributed by atoms with van der Waals surface area (Å²) in [4.78, 5) is 16.0. The van der Waals surface area contributed by atoms with Crippen LogP contribution < -0.4 is 0 Å². The summed E-state index contributed by atoms with van der Waals surface area (Å²) in [6.07, 6.45) is 6.28. The van der Waals surface area contributed by atoms with Crippen molar-refractivity contribution in [2.45, 2.75) is 19.5 Å². The SMILES string of the molecule is Fc1cccc(-c2ccc(CN3CCc4nc(-c5ccco5)ncc4C3)cn2)c1. The number of aromatic nitrogens is 3. The van der Waals surface area contributed by atoms with Crippen LogP contribution in [0.15, 0.2) is 71.6 Å². The minimum atomic E-state index is -0.252. The minimum absolute atomic E-state index is 0.252. The summed E-state index contributed by atoms with van der Waals surface area (Å²) in [6, 6.07) is 14.2. The molecule has 0 aliphatic carbocycles. The first kappa shape index (κ1) is 17.7. The van der Waals surface area contributed by atoms with E-state index >= 15 is 0 Å². The fraction of sp³-hybridized carbons (Fsp3) is 0.174. The number of fused-ring (bicyclic) bond motifs is 1. The molecule has 5 nitrogen and oxygen atoms in total. The van der Waals surface area contributed by atoms with Gasteiger partial charge in [-0.2, -0.15) is 0 Å². The van der Waals surface area contributed by atoms with Gasteiger partial charge in [0.05, 0.1) is 17.7 Å². The van der Waals surface area contributed by atoms with Crippen molar-refractivity contribution in [3.05, 3.63) is 89.8 Å². The molecule has 29 heavy (non-hydrogen) atoms. The topological polar surface area (TPSA) is 55.1 Å². The van der Waals surface area contributed by atoms with Gasteiger partial charge >= 0.3 is 0 Å². The molecular weight excluding hydrogens is 367 g/mol. The molecule has 3 aromatic heterocycles. The van der Waals surface area contributed by atoms with Crippen LogP contribution in [0.1, 0.15) is 16.8 Å². The van der Waals surface area contributed by atoms with Crippen LogP contribution in [0.25, 0.3) is 22.8 Å². The van der Waals surface area contributed by atoms with Gasteiger partial charge in [-0.05, 0) is 35.9 Å². The van der Waals surface area contributed by atoms with Crippen LogP contribution in [0.3, 0.4) is 0 Å². The zero-order valence-electron chi connectivity index (χ0n) is 15.8. The Bertz CT molecular complexity index is 1130. The van der Waals surface area contributed by atoms with E-state index in [1.165, 1.54) is 12.1 Å². The average Bonchev–Trinajstić information content (AvgIpc) is 3.29. The second kappa shape index (κ2) is 7.56. The molecule has 0 unspecified atom stereocenters. The number of pyridine rings is 1. The van der Waals surface area contributed by atoms with Crippen molar-refractivity contribution >= 4 is 0 Å². The first-order valence-corrected chi connectivity index (χ1v) is 9.56. The van der Waals surface area contributed by atoms with Crippen molar-refractivity contribution in [2.24, 2.45) is 0 Å². The molecule has 0 spiro atoms. The predicted octanol–water partition coefficient (Wildman–Crippen LogP) is 4.50. The summed E-state index contributed by atoms with van der Waals surface area (Å²) in [5, 5.41) is 0. The number of hydrogen-bond donors (Lipinski definition) is 0. The van der Waals surface area contributed by atoms with Crippen LogP contribution in [-0.2, 0) is 19.5 Å². The second-order valence-electron chi connectivity index (χ2n) is 7.17. The molecule has 0 saturated carbocycles. The normalized spacial score (nSPS) is 14.0. The van der Waals surface area contributed by atoms with E-state index in [-0.39, 0.29) is 5.82 Å². The Labute approximate surface area is 167 Å². The van der Waals surface area contributed by atoms with Gasteiger partial charge in [-0.1, -0.05) is 18.2 Å². The van der Waals surface area contributed by atoms with E-state index in [9.17, 15) is 4.39 Å². The molecule has 0 saturated heterocycles. The lowest BCUT2D eigenvalue weighted by Gasteiger charge is -2.27. The lowest BCUT2D eigenvalue weighted by atomic mass is 10.1. The maximum absolute atomic E-state index is 13.4. The highest BCUT2D eigenvalue weighted by atomic mass is 19.1. The summed E-state index contributed by atoms with van der Waals surface area (Å²) < 4.78 is 18.8. The van der Waals surface area contributed by atoms with Gasteiger partial charge in [0.1, 0.15) is 5.82 Å². The summed E-state index contributed by atoms with van der Waals surface area (Å²) in [5.74, 6) is 1.08. The molecule has 0 bridgehead atoms. The Morgan fingerprint density at radius 2 is 2.00 bits per heavy atom. The van der Waals surface area contributed by atoms with Gasteiger partial charge < -0.3 is 4.42 Å². The molecule has 1 aliphatic rings. The maximum Gasteiger partial charge on any atom is 0.195 e.